The number of ether oxygens (including phenoxy) is 2. The zero-order chi connectivity index (χ0) is 21.0. The van der Waals surface area contributed by atoms with Crippen LogP contribution in [0.2, 0.25) is 0 Å². The van der Waals surface area contributed by atoms with Gasteiger partial charge in [0.1, 0.15) is 17.8 Å². The third kappa shape index (κ3) is 4.06. The summed E-state index contributed by atoms with van der Waals surface area (Å²) in [6, 6.07) is 6.13. The van der Waals surface area contributed by atoms with Gasteiger partial charge >= 0.3 is 12.0 Å². The van der Waals surface area contributed by atoms with Crippen LogP contribution in [0, 0.1) is 5.92 Å². The van der Waals surface area contributed by atoms with Gasteiger partial charge in [0.15, 0.2) is 0 Å². The average molecular weight is 400 g/mol. The van der Waals surface area contributed by atoms with Gasteiger partial charge in [-0.3, -0.25) is 0 Å². The van der Waals surface area contributed by atoms with Gasteiger partial charge in [0.05, 0.1) is 26.2 Å². The quantitative estimate of drug-likeness (QED) is 0.727. The van der Waals surface area contributed by atoms with Crippen LogP contribution < -0.4 is 10.1 Å². The maximum absolute atomic E-state index is 13.3. The van der Waals surface area contributed by atoms with Crippen molar-refractivity contribution >= 4 is 12.0 Å². The molecule has 2 aromatic rings. The number of H-pyrrole nitrogens is 1. The zero-order valence-electron chi connectivity index (χ0n) is 17.3. The van der Waals surface area contributed by atoms with Crippen LogP contribution in [0.15, 0.2) is 30.6 Å². The van der Waals surface area contributed by atoms with E-state index in [9.17, 15) is 9.59 Å². The molecule has 8 nitrogen and oxygen atoms in total. The summed E-state index contributed by atoms with van der Waals surface area (Å²) in [5, 5.41) is 2.88. The number of amides is 2. The van der Waals surface area contributed by atoms with Crippen molar-refractivity contribution < 1.29 is 19.1 Å². The van der Waals surface area contributed by atoms with Crippen molar-refractivity contribution in [1.82, 2.24) is 20.2 Å². The van der Waals surface area contributed by atoms with Crippen LogP contribution >= 0.6 is 0 Å². The Balaban J connectivity index is 1.96. The number of aromatic amines is 1. The predicted molar refractivity (Wildman–Crippen MR) is 108 cm³/mol. The Morgan fingerprint density at radius 2 is 2.10 bits per heavy atom. The van der Waals surface area contributed by atoms with Crippen molar-refractivity contribution in [3.05, 3.63) is 47.5 Å². The van der Waals surface area contributed by atoms with Crippen molar-refractivity contribution in [2.75, 3.05) is 20.8 Å². The van der Waals surface area contributed by atoms with E-state index in [2.05, 4.69) is 15.3 Å². The highest BCUT2D eigenvalue weighted by atomic mass is 16.5. The lowest BCUT2D eigenvalue weighted by Crippen LogP contribution is -2.53. The van der Waals surface area contributed by atoms with E-state index < -0.39 is 18.1 Å². The number of rotatable bonds is 6. The van der Waals surface area contributed by atoms with E-state index in [1.54, 1.807) is 18.3 Å². The molecule has 29 heavy (non-hydrogen) atoms. The largest absolute Gasteiger partial charge is 0.496 e. The molecule has 0 saturated heterocycles. The summed E-state index contributed by atoms with van der Waals surface area (Å²) in [5.41, 5.74) is 2.63. The topological polar surface area (TPSA) is 96.5 Å². The van der Waals surface area contributed by atoms with Crippen LogP contribution in [0.1, 0.15) is 43.3 Å². The first-order valence-corrected chi connectivity index (χ1v) is 9.81. The number of carbonyl (C=O) groups is 2. The number of nitrogens with zero attached hydrogens (tertiary/aromatic N) is 2. The Bertz CT molecular complexity index is 866. The standard InChI is InChI=1S/C21H28N4O4/c1-5-13(2)17(20(26)29-4)24-21(27)25-11-10-15-18(23-12-22-15)19(25)14-8-6-7-9-16(14)28-3/h6-9,12-13,17,19H,5,10-11H2,1-4H3,(H,22,23)(H,24,27)/t13-,17-,19-/m0/s1. The van der Waals surface area contributed by atoms with Gasteiger partial charge in [-0.25, -0.2) is 14.6 Å². The molecular formula is C21H28N4O4. The lowest BCUT2D eigenvalue weighted by atomic mass is 9.95. The first kappa shape index (κ1) is 20.7. The van der Waals surface area contributed by atoms with Crippen LogP contribution in [-0.2, 0) is 16.0 Å². The Morgan fingerprint density at radius 3 is 2.79 bits per heavy atom. The van der Waals surface area contributed by atoms with Gasteiger partial charge in [-0.15, -0.1) is 0 Å². The summed E-state index contributed by atoms with van der Waals surface area (Å²) in [7, 11) is 2.94. The number of aromatic nitrogens is 2. The third-order valence-corrected chi connectivity index (χ3v) is 5.57. The first-order chi connectivity index (χ1) is 14.0. The van der Waals surface area contributed by atoms with Crippen molar-refractivity contribution in [2.24, 2.45) is 5.92 Å². The number of methoxy groups -OCH3 is 2. The number of benzene rings is 1. The molecule has 8 heteroatoms. The smallest absolute Gasteiger partial charge is 0.328 e. The molecule has 0 radical (unpaired) electrons. The van der Waals surface area contributed by atoms with E-state index >= 15 is 0 Å². The van der Waals surface area contributed by atoms with Gasteiger partial charge in [-0.05, 0) is 12.0 Å². The van der Waals surface area contributed by atoms with Crippen LogP contribution in [0.25, 0.3) is 0 Å². The SMILES string of the molecule is CC[C@H](C)[C@H](NC(=O)N1CCc2[nH]cnc2[C@@H]1c1ccccc1OC)C(=O)OC. The van der Waals surface area contributed by atoms with Crippen LogP contribution in [-0.4, -0.2) is 53.7 Å². The molecular weight excluding hydrogens is 372 g/mol. The summed E-state index contributed by atoms with van der Waals surface area (Å²) in [6.45, 7) is 4.38. The molecule has 1 aromatic carbocycles. The second kappa shape index (κ2) is 8.98. The molecule has 2 amide bonds. The number of hydrogen-bond acceptors (Lipinski definition) is 5. The molecule has 0 spiro atoms. The minimum absolute atomic E-state index is 0.0538. The van der Waals surface area contributed by atoms with E-state index in [-0.39, 0.29) is 11.9 Å². The van der Waals surface area contributed by atoms with E-state index in [4.69, 9.17) is 9.47 Å². The summed E-state index contributed by atoms with van der Waals surface area (Å²) < 4.78 is 10.4. The molecule has 1 aromatic heterocycles. The fourth-order valence-corrected chi connectivity index (χ4v) is 3.71. The van der Waals surface area contributed by atoms with Crippen molar-refractivity contribution in [3.8, 4) is 5.75 Å². The molecule has 0 saturated carbocycles. The van der Waals surface area contributed by atoms with Crippen LogP contribution in [0.4, 0.5) is 4.79 Å². The van der Waals surface area contributed by atoms with E-state index in [1.807, 2.05) is 38.1 Å². The average Bonchev–Trinajstić information content (AvgIpc) is 3.24. The van der Waals surface area contributed by atoms with E-state index in [1.165, 1.54) is 7.11 Å². The van der Waals surface area contributed by atoms with Crippen LogP contribution in [0.5, 0.6) is 5.75 Å². The van der Waals surface area contributed by atoms with Crippen molar-refractivity contribution in [2.45, 2.75) is 38.8 Å². The number of hydrogen-bond donors (Lipinski definition) is 2. The second-order valence-electron chi connectivity index (χ2n) is 7.19. The molecule has 1 aliphatic rings. The van der Waals surface area contributed by atoms with Gasteiger partial charge in [0.2, 0.25) is 0 Å². The van der Waals surface area contributed by atoms with Gasteiger partial charge in [0.25, 0.3) is 0 Å². The molecule has 0 bridgehead atoms. The Hall–Kier alpha value is -3.03. The third-order valence-electron chi connectivity index (χ3n) is 5.57. The number of para-hydroxylation sites is 1. The predicted octanol–water partition coefficient (Wildman–Crippen LogP) is 2.66. The fraction of sp³-hybridized carbons (Fsp3) is 0.476. The van der Waals surface area contributed by atoms with Gasteiger partial charge in [-0.1, -0.05) is 38.5 Å². The number of nitrogens with one attached hydrogen (secondary N) is 2. The van der Waals surface area contributed by atoms with Gasteiger partial charge in [0, 0.05) is 24.2 Å². The monoisotopic (exact) mass is 400 g/mol. The minimum Gasteiger partial charge on any atom is -0.496 e. The lowest BCUT2D eigenvalue weighted by molar-refractivity contribution is -0.144. The summed E-state index contributed by atoms with van der Waals surface area (Å²) in [5.74, 6) is 0.179. The minimum atomic E-state index is -0.712. The highest BCUT2D eigenvalue weighted by molar-refractivity contribution is 5.84. The van der Waals surface area contributed by atoms with Crippen LogP contribution in [0.3, 0.4) is 0 Å². The van der Waals surface area contributed by atoms with Gasteiger partial charge in [-0.2, -0.15) is 0 Å². The molecule has 2 N–H and O–H groups in total. The molecule has 0 fully saturated rings. The van der Waals surface area contributed by atoms with Crippen molar-refractivity contribution in [3.63, 3.8) is 0 Å². The number of esters is 1. The fourth-order valence-electron chi connectivity index (χ4n) is 3.71. The summed E-state index contributed by atoms with van der Waals surface area (Å²) in [6.07, 6.45) is 3.03. The van der Waals surface area contributed by atoms with E-state index in [0.717, 1.165) is 23.4 Å². The highest BCUT2D eigenvalue weighted by Crippen LogP contribution is 2.37. The molecule has 3 rings (SSSR count). The maximum Gasteiger partial charge on any atom is 0.328 e. The number of carbonyl (C=O) groups excluding carboxylic acids is 2. The summed E-state index contributed by atoms with van der Waals surface area (Å²) >= 11 is 0. The number of imidazole rings is 1. The molecule has 3 atom stereocenters. The second-order valence-corrected chi connectivity index (χ2v) is 7.19. The molecule has 0 unspecified atom stereocenters. The van der Waals surface area contributed by atoms with E-state index in [0.29, 0.717) is 18.7 Å². The molecule has 2 heterocycles. The lowest BCUT2D eigenvalue weighted by Gasteiger charge is -2.37. The highest BCUT2D eigenvalue weighted by Gasteiger charge is 2.37. The number of urea groups is 1. The van der Waals surface area contributed by atoms with Crippen molar-refractivity contribution in [1.29, 1.82) is 0 Å². The molecule has 1 aliphatic heterocycles. The molecule has 0 aliphatic carbocycles. The number of fused-ring (bicyclic) bond motifs is 1. The zero-order valence-corrected chi connectivity index (χ0v) is 17.3. The van der Waals surface area contributed by atoms with Gasteiger partial charge < -0.3 is 24.7 Å². The first-order valence-electron chi connectivity index (χ1n) is 9.81. The Morgan fingerprint density at radius 1 is 1.34 bits per heavy atom. The normalized spacial score (nSPS) is 17.8. The molecule has 156 valence electrons. The summed E-state index contributed by atoms with van der Waals surface area (Å²) in [4.78, 5) is 34.9. The maximum atomic E-state index is 13.3. The Labute approximate surface area is 170 Å². The Kier molecular flexibility index (Phi) is 6.41.